The number of halogens is 1. The Kier molecular flexibility index (Phi) is 2.27. The second-order valence-electron chi connectivity index (χ2n) is 4.93. The third kappa shape index (κ3) is 1.74. The van der Waals surface area contributed by atoms with Crippen LogP contribution in [0.4, 0.5) is 0 Å². The van der Waals surface area contributed by atoms with Gasteiger partial charge in [-0.15, -0.1) is 0 Å². The average molecular weight is 223 g/mol. The van der Waals surface area contributed by atoms with E-state index in [1.54, 1.807) is 0 Å². The number of aryl methyl sites for hydroxylation is 1. The molecule has 0 atom stereocenters. The Bertz CT molecular complexity index is 506. The first-order valence-electron chi connectivity index (χ1n) is 5.00. The minimum Gasteiger partial charge on any atom is -0.334 e. The fraction of sp³-hybridized carbons (Fsp3) is 0.417. The van der Waals surface area contributed by atoms with Crippen molar-refractivity contribution in [2.45, 2.75) is 26.2 Å². The van der Waals surface area contributed by atoms with Crippen molar-refractivity contribution in [1.29, 1.82) is 0 Å². The number of hydrogen-bond donors (Lipinski definition) is 0. The fourth-order valence-electron chi connectivity index (χ4n) is 1.72. The van der Waals surface area contributed by atoms with E-state index in [9.17, 15) is 0 Å². The van der Waals surface area contributed by atoms with Crippen LogP contribution in [0.2, 0.25) is 5.02 Å². The summed E-state index contributed by atoms with van der Waals surface area (Å²) >= 11 is 6.28. The summed E-state index contributed by atoms with van der Waals surface area (Å²) in [6.45, 7) is 6.47. The highest BCUT2D eigenvalue weighted by Gasteiger charge is 2.18. The van der Waals surface area contributed by atoms with Crippen molar-refractivity contribution in [2.75, 3.05) is 0 Å². The molecule has 2 nitrogen and oxygen atoms in total. The van der Waals surface area contributed by atoms with Crippen molar-refractivity contribution >= 4 is 22.6 Å². The van der Waals surface area contributed by atoms with E-state index in [-0.39, 0.29) is 5.41 Å². The Morgan fingerprint density at radius 2 is 1.93 bits per heavy atom. The van der Waals surface area contributed by atoms with Gasteiger partial charge in [0.2, 0.25) is 0 Å². The molecule has 0 amide bonds. The van der Waals surface area contributed by atoms with Crippen LogP contribution in [-0.2, 0) is 12.5 Å². The minimum absolute atomic E-state index is 0.0583. The summed E-state index contributed by atoms with van der Waals surface area (Å²) in [7, 11) is 1.97. The Labute approximate surface area is 94.9 Å². The maximum absolute atomic E-state index is 6.28. The van der Waals surface area contributed by atoms with Gasteiger partial charge >= 0.3 is 0 Å². The smallest absolute Gasteiger partial charge is 0.0955 e. The van der Waals surface area contributed by atoms with Gasteiger partial charge in [0, 0.05) is 12.1 Å². The van der Waals surface area contributed by atoms with Gasteiger partial charge in [0.25, 0.3) is 0 Å². The van der Waals surface area contributed by atoms with Crippen LogP contribution in [0.25, 0.3) is 11.0 Å². The first kappa shape index (κ1) is 10.5. The quantitative estimate of drug-likeness (QED) is 0.667. The molecule has 0 saturated carbocycles. The molecule has 0 N–H and O–H groups in total. The van der Waals surface area contributed by atoms with E-state index in [1.807, 2.05) is 24.0 Å². The number of fused-ring (bicyclic) bond motifs is 1. The van der Waals surface area contributed by atoms with E-state index >= 15 is 0 Å². The van der Waals surface area contributed by atoms with Gasteiger partial charge in [-0.2, -0.15) is 0 Å². The number of benzene rings is 1. The van der Waals surface area contributed by atoms with E-state index < -0.39 is 0 Å². The molecule has 2 aromatic rings. The third-order valence-corrected chi connectivity index (χ3v) is 2.93. The van der Waals surface area contributed by atoms with Crippen LogP contribution in [0.1, 0.15) is 26.3 Å². The lowest BCUT2D eigenvalue weighted by Gasteiger charge is -2.20. The SMILES string of the molecule is Cn1cnc2cc(C(C)(C)C)c(Cl)cc21. The maximum Gasteiger partial charge on any atom is 0.0955 e. The van der Waals surface area contributed by atoms with Gasteiger partial charge in [0.05, 0.1) is 17.4 Å². The predicted molar refractivity (Wildman–Crippen MR) is 64.4 cm³/mol. The number of imidazole rings is 1. The lowest BCUT2D eigenvalue weighted by atomic mass is 9.87. The van der Waals surface area contributed by atoms with Crippen LogP contribution in [-0.4, -0.2) is 9.55 Å². The minimum atomic E-state index is 0.0583. The molecule has 80 valence electrons. The molecule has 0 fully saturated rings. The van der Waals surface area contributed by atoms with Gasteiger partial charge in [-0.05, 0) is 23.1 Å². The molecule has 0 aliphatic rings. The van der Waals surface area contributed by atoms with Crippen LogP contribution < -0.4 is 0 Å². The van der Waals surface area contributed by atoms with E-state index in [0.29, 0.717) is 0 Å². The molecule has 0 bridgehead atoms. The third-order valence-electron chi connectivity index (χ3n) is 2.62. The van der Waals surface area contributed by atoms with Crippen LogP contribution in [0, 0.1) is 0 Å². The zero-order valence-corrected chi connectivity index (χ0v) is 10.3. The summed E-state index contributed by atoms with van der Waals surface area (Å²) in [5.41, 5.74) is 3.29. The molecule has 0 aliphatic heterocycles. The van der Waals surface area contributed by atoms with Crippen molar-refractivity contribution in [3.8, 4) is 0 Å². The molecule has 0 unspecified atom stereocenters. The van der Waals surface area contributed by atoms with Gasteiger partial charge in [-0.3, -0.25) is 0 Å². The highest BCUT2D eigenvalue weighted by Crippen LogP contribution is 2.32. The Morgan fingerprint density at radius 3 is 2.53 bits per heavy atom. The summed E-state index contributed by atoms with van der Waals surface area (Å²) < 4.78 is 1.98. The molecular formula is C12H15ClN2. The number of rotatable bonds is 0. The maximum atomic E-state index is 6.28. The van der Waals surface area contributed by atoms with Crippen LogP contribution in [0.5, 0.6) is 0 Å². The monoisotopic (exact) mass is 222 g/mol. The summed E-state index contributed by atoms with van der Waals surface area (Å²) in [4.78, 5) is 4.34. The molecule has 1 aromatic heterocycles. The van der Waals surface area contributed by atoms with Crippen molar-refractivity contribution in [3.63, 3.8) is 0 Å². The molecule has 2 rings (SSSR count). The summed E-state index contributed by atoms with van der Waals surface area (Å²) in [5, 5.41) is 0.818. The normalized spacial score (nSPS) is 12.3. The van der Waals surface area contributed by atoms with Gasteiger partial charge in [-0.25, -0.2) is 4.98 Å². The first-order valence-corrected chi connectivity index (χ1v) is 5.38. The highest BCUT2D eigenvalue weighted by molar-refractivity contribution is 6.32. The zero-order valence-electron chi connectivity index (χ0n) is 9.50. The number of aromatic nitrogens is 2. The van der Waals surface area contributed by atoms with Crippen molar-refractivity contribution < 1.29 is 0 Å². The number of nitrogens with zero attached hydrogens (tertiary/aromatic N) is 2. The second-order valence-corrected chi connectivity index (χ2v) is 5.33. The highest BCUT2D eigenvalue weighted by atomic mass is 35.5. The molecule has 1 aromatic carbocycles. The summed E-state index contributed by atoms with van der Waals surface area (Å²) in [6, 6.07) is 4.07. The Morgan fingerprint density at radius 1 is 1.27 bits per heavy atom. The van der Waals surface area contributed by atoms with Crippen molar-refractivity contribution in [3.05, 3.63) is 29.0 Å². The summed E-state index contributed by atoms with van der Waals surface area (Å²) in [5.74, 6) is 0. The summed E-state index contributed by atoms with van der Waals surface area (Å²) in [6.07, 6.45) is 1.81. The van der Waals surface area contributed by atoms with Gasteiger partial charge < -0.3 is 4.57 Å². The molecule has 0 radical (unpaired) electrons. The lowest BCUT2D eigenvalue weighted by molar-refractivity contribution is 0.591. The van der Waals surface area contributed by atoms with E-state index in [2.05, 4.69) is 31.8 Å². The van der Waals surface area contributed by atoms with Crippen LogP contribution >= 0.6 is 11.6 Å². The molecule has 0 saturated heterocycles. The molecule has 3 heteroatoms. The van der Waals surface area contributed by atoms with Crippen molar-refractivity contribution in [1.82, 2.24) is 9.55 Å². The Hall–Kier alpha value is -1.02. The Balaban J connectivity index is 2.74. The van der Waals surface area contributed by atoms with Crippen molar-refractivity contribution in [2.24, 2.45) is 7.05 Å². The largest absolute Gasteiger partial charge is 0.334 e. The number of hydrogen-bond acceptors (Lipinski definition) is 1. The van der Waals surface area contributed by atoms with Gasteiger partial charge in [0.15, 0.2) is 0 Å². The van der Waals surface area contributed by atoms with Gasteiger partial charge in [0.1, 0.15) is 0 Å². The molecule has 0 aliphatic carbocycles. The zero-order chi connectivity index (χ0) is 11.2. The second kappa shape index (κ2) is 3.24. The fourth-order valence-corrected chi connectivity index (χ4v) is 2.16. The lowest BCUT2D eigenvalue weighted by Crippen LogP contribution is -2.11. The standard InChI is InChI=1S/C12H15ClN2/c1-12(2,3)8-5-10-11(6-9(8)13)15(4)7-14-10/h5-7H,1-4H3. The molecule has 15 heavy (non-hydrogen) atoms. The predicted octanol–water partition coefficient (Wildman–Crippen LogP) is 3.52. The molecule has 0 spiro atoms. The van der Waals surface area contributed by atoms with E-state index in [4.69, 9.17) is 11.6 Å². The van der Waals surface area contributed by atoms with Gasteiger partial charge in [-0.1, -0.05) is 32.4 Å². The van der Waals surface area contributed by atoms with Crippen LogP contribution in [0.3, 0.4) is 0 Å². The molecular weight excluding hydrogens is 208 g/mol. The van der Waals surface area contributed by atoms with Crippen LogP contribution in [0.15, 0.2) is 18.5 Å². The first-order chi connectivity index (χ1) is 6.89. The molecule has 1 heterocycles. The average Bonchev–Trinajstić information content (AvgIpc) is 2.45. The topological polar surface area (TPSA) is 17.8 Å². The van der Waals surface area contributed by atoms with E-state index in [1.165, 1.54) is 0 Å². The van der Waals surface area contributed by atoms with E-state index in [0.717, 1.165) is 21.6 Å².